The van der Waals surface area contributed by atoms with Crippen molar-refractivity contribution >= 4 is 29.3 Å². The fourth-order valence-corrected chi connectivity index (χ4v) is 5.64. The molecule has 2 aliphatic rings. The Balaban J connectivity index is 1.80. The number of rotatable bonds is 4. The number of halogens is 1. The third kappa shape index (κ3) is 4.81. The maximum absolute atomic E-state index is 13.0. The average molecular weight is 455 g/mol. The summed E-state index contributed by atoms with van der Waals surface area (Å²) in [5.74, 6) is -1.65. The Morgan fingerprint density at radius 2 is 1.88 bits per heavy atom. The molecule has 32 heavy (non-hydrogen) atoms. The summed E-state index contributed by atoms with van der Waals surface area (Å²) >= 11 is 1.08. The van der Waals surface area contributed by atoms with E-state index in [0.717, 1.165) is 24.6 Å². The molecule has 1 aromatic rings. The minimum absolute atomic E-state index is 0.0317. The van der Waals surface area contributed by atoms with Gasteiger partial charge in [-0.3, -0.25) is 9.59 Å². The summed E-state index contributed by atoms with van der Waals surface area (Å²) in [4.78, 5) is 25.2. The first-order valence-corrected chi connectivity index (χ1v) is 11.6. The molecule has 0 radical (unpaired) electrons. The first-order valence-electron chi connectivity index (χ1n) is 10.6. The van der Waals surface area contributed by atoms with E-state index >= 15 is 0 Å². The summed E-state index contributed by atoms with van der Waals surface area (Å²) in [5.41, 5.74) is 0.160. The van der Waals surface area contributed by atoms with E-state index in [1.165, 1.54) is 24.3 Å². The van der Waals surface area contributed by atoms with Gasteiger partial charge in [0, 0.05) is 11.1 Å². The molecule has 2 N–H and O–H groups in total. The van der Waals surface area contributed by atoms with Crippen molar-refractivity contribution in [3.63, 3.8) is 0 Å². The molecular weight excluding hydrogens is 427 g/mol. The molecule has 8 heteroatoms. The van der Waals surface area contributed by atoms with Crippen molar-refractivity contribution in [3.8, 4) is 12.1 Å². The van der Waals surface area contributed by atoms with E-state index in [2.05, 4.69) is 43.5 Å². The van der Waals surface area contributed by atoms with Crippen molar-refractivity contribution in [2.75, 3.05) is 11.1 Å². The molecule has 1 aromatic carbocycles. The number of carbonyl (C=O) groups excluding carboxylic acids is 2. The second kappa shape index (κ2) is 9.34. The molecule has 1 aliphatic heterocycles. The van der Waals surface area contributed by atoms with E-state index in [4.69, 9.17) is 0 Å². The molecule has 0 unspecified atom stereocenters. The zero-order valence-electron chi connectivity index (χ0n) is 18.5. The van der Waals surface area contributed by atoms with Gasteiger partial charge in [-0.1, -0.05) is 32.5 Å². The van der Waals surface area contributed by atoms with Gasteiger partial charge in [0.05, 0.1) is 28.5 Å². The Labute approximate surface area is 192 Å². The first kappa shape index (κ1) is 23.8. The Bertz CT molecular complexity index is 1010. The van der Waals surface area contributed by atoms with Gasteiger partial charge in [-0.15, -0.1) is 0 Å². The highest BCUT2D eigenvalue weighted by molar-refractivity contribution is 8.03. The average Bonchev–Trinajstić information content (AvgIpc) is 2.74. The smallest absolute Gasteiger partial charge is 0.243 e. The van der Waals surface area contributed by atoms with Crippen molar-refractivity contribution in [3.05, 3.63) is 40.7 Å². The molecule has 1 spiro atoms. The van der Waals surface area contributed by atoms with Crippen molar-refractivity contribution in [2.45, 2.75) is 46.5 Å². The Morgan fingerprint density at radius 3 is 2.41 bits per heavy atom. The van der Waals surface area contributed by atoms with Crippen LogP contribution in [0.5, 0.6) is 0 Å². The van der Waals surface area contributed by atoms with Gasteiger partial charge in [0.2, 0.25) is 11.8 Å². The molecule has 6 nitrogen and oxygen atoms in total. The van der Waals surface area contributed by atoms with Crippen molar-refractivity contribution < 1.29 is 14.0 Å². The van der Waals surface area contributed by atoms with Gasteiger partial charge in [0.15, 0.2) is 0 Å². The molecule has 0 saturated heterocycles. The molecule has 168 valence electrons. The highest BCUT2D eigenvalue weighted by Crippen LogP contribution is 2.55. The summed E-state index contributed by atoms with van der Waals surface area (Å²) in [6.45, 7) is 6.56. The number of hydrogen-bond donors (Lipinski definition) is 2. The lowest BCUT2D eigenvalue weighted by Crippen LogP contribution is -2.49. The molecular formula is C24H27FN4O2S. The number of nitrogens with one attached hydrogen (secondary N) is 2. The van der Waals surface area contributed by atoms with E-state index in [-0.39, 0.29) is 17.1 Å². The van der Waals surface area contributed by atoms with Crippen LogP contribution in [-0.2, 0) is 9.59 Å². The summed E-state index contributed by atoms with van der Waals surface area (Å²) < 4.78 is 13.0. The summed E-state index contributed by atoms with van der Waals surface area (Å²) in [7, 11) is 0. The fourth-order valence-electron chi connectivity index (χ4n) is 4.73. The zero-order valence-corrected chi connectivity index (χ0v) is 19.3. The molecule has 0 aromatic heterocycles. The third-order valence-electron chi connectivity index (χ3n) is 6.60. The van der Waals surface area contributed by atoms with Crippen LogP contribution in [0.2, 0.25) is 0 Å². The van der Waals surface area contributed by atoms with E-state index in [1.807, 2.05) is 0 Å². The van der Waals surface area contributed by atoms with Gasteiger partial charge >= 0.3 is 0 Å². The number of allylic oxidation sites excluding steroid dienone is 1. The lowest BCUT2D eigenvalue weighted by molar-refractivity contribution is -0.127. The number of nitrogens with zero attached hydrogens (tertiary/aromatic N) is 2. The topological polar surface area (TPSA) is 106 Å². The lowest BCUT2D eigenvalue weighted by atomic mass is 9.56. The van der Waals surface area contributed by atoms with Crippen LogP contribution in [0.1, 0.15) is 46.5 Å². The van der Waals surface area contributed by atoms with Crippen molar-refractivity contribution in [1.29, 1.82) is 10.5 Å². The molecule has 0 bridgehead atoms. The van der Waals surface area contributed by atoms with Gasteiger partial charge in [-0.25, -0.2) is 4.39 Å². The Hall–Kier alpha value is -2.84. The first-order chi connectivity index (χ1) is 15.1. The van der Waals surface area contributed by atoms with E-state index in [1.54, 1.807) is 0 Å². The highest BCUT2D eigenvalue weighted by Gasteiger charge is 2.53. The lowest BCUT2D eigenvalue weighted by Gasteiger charge is -2.47. The molecule has 2 amide bonds. The van der Waals surface area contributed by atoms with E-state index < -0.39 is 23.1 Å². The molecule has 1 heterocycles. The highest BCUT2D eigenvalue weighted by atomic mass is 32.2. The number of carbonyl (C=O) groups is 2. The Morgan fingerprint density at radius 1 is 1.25 bits per heavy atom. The fraction of sp³-hybridized carbons (Fsp3) is 0.500. The minimum atomic E-state index is -0.921. The monoisotopic (exact) mass is 454 g/mol. The van der Waals surface area contributed by atoms with Crippen molar-refractivity contribution in [1.82, 2.24) is 5.32 Å². The third-order valence-corrected chi connectivity index (χ3v) is 7.60. The number of anilines is 1. The summed E-state index contributed by atoms with van der Waals surface area (Å²) in [6, 6.07) is 9.81. The van der Waals surface area contributed by atoms with Gasteiger partial charge < -0.3 is 10.6 Å². The normalized spacial score (nSPS) is 25.6. The maximum atomic E-state index is 13.0. The number of nitriles is 2. The second-order valence-electron chi connectivity index (χ2n) is 9.51. The van der Waals surface area contributed by atoms with Crippen LogP contribution in [0.25, 0.3) is 0 Å². The largest absolute Gasteiger partial charge is 0.325 e. The minimum Gasteiger partial charge on any atom is -0.325 e. The van der Waals surface area contributed by atoms with Crippen LogP contribution in [0.3, 0.4) is 0 Å². The van der Waals surface area contributed by atoms with Crippen LogP contribution in [0.15, 0.2) is 34.9 Å². The quantitative estimate of drug-likeness (QED) is 0.684. The van der Waals surface area contributed by atoms with E-state index in [9.17, 15) is 24.5 Å². The predicted molar refractivity (Wildman–Crippen MR) is 121 cm³/mol. The zero-order chi connectivity index (χ0) is 23.5. The number of benzene rings is 1. The predicted octanol–water partition coefficient (Wildman–Crippen LogP) is 4.72. The molecule has 1 fully saturated rings. The van der Waals surface area contributed by atoms with Gasteiger partial charge in [0.25, 0.3) is 0 Å². The Kier molecular flexibility index (Phi) is 6.95. The van der Waals surface area contributed by atoms with Gasteiger partial charge in [-0.05, 0) is 61.3 Å². The molecule has 1 saturated carbocycles. The van der Waals surface area contributed by atoms with Crippen LogP contribution >= 0.6 is 11.8 Å². The number of amides is 2. The standard InChI is InChI=1S/C24H27FN4O2S/c1-23(2,3)15-8-10-24(11-9-15)18(12-26)21(31)29-22(19(24)13-27)32-14-20(30)28-17-6-4-16(25)5-7-17/h4-7,15,18H,8-11,14H2,1-3H3,(H,28,30)(H,29,31)/t15?,18-,24?/m0/s1. The second-order valence-corrected chi connectivity index (χ2v) is 10.5. The summed E-state index contributed by atoms with van der Waals surface area (Å²) in [5, 5.41) is 25.5. The van der Waals surface area contributed by atoms with Crippen LogP contribution < -0.4 is 10.6 Å². The number of hydrogen-bond acceptors (Lipinski definition) is 5. The van der Waals surface area contributed by atoms with Crippen LogP contribution in [0, 0.1) is 51.1 Å². The number of thioether (sulfide) groups is 1. The van der Waals surface area contributed by atoms with Gasteiger partial charge in [0.1, 0.15) is 11.7 Å². The van der Waals surface area contributed by atoms with E-state index in [0.29, 0.717) is 35.0 Å². The van der Waals surface area contributed by atoms with Gasteiger partial charge in [-0.2, -0.15) is 10.5 Å². The molecule has 1 atom stereocenters. The van der Waals surface area contributed by atoms with Crippen molar-refractivity contribution in [2.24, 2.45) is 22.7 Å². The molecule has 1 aliphatic carbocycles. The van der Waals surface area contributed by atoms with Crippen LogP contribution in [-0.4, -0.2) is 17.6 Å². The SMILES string of the molecule is CC(C)(C)C1CCC2(CC1)C(C#N)=C(SCC(=O)Nc1ccc(F)cc1)NC(=O)[C@@H]2C#N. The van der Waals surface area contributed by atoms with Crippen LogP contribution in [0.4, 0.5) is 10.1 Å². The summed E-state index contributed by atoms with van der Waals surface area (Å²) in [6.07, 6.45) is 2.86. The molecule has 3 rings (SSSR count). The maximum Gasteiger partial charge on any atom is 0.243 e.